The Hall–Kier alpha value is -1.02. The van der Waals surface area contributed by atoms with Crippen molar-refractivity contribution >= 4 is 0 Å². The SMILES string of the molecule is CNCCC(C)(C)c1ccc2c(c1)CC(C)(C)O2. The molecule has 1 aliphatic rings. The molecule has 1 aromatic rings. The van der Waals surface area contributed by atoms with Gasteiger partial charge in [-0.15, -0.1) is 0 Å². The van der Waals surface area contributed by atoms with Gasteiger partial charge in [0.25, 0.3) is 0 Å². The summed E-state index contributed by atoms with van der Waals surface area (Å²) in [6, 6.07) is 6.69. The van der Waals surface area contributed by atoms with Gasteiger partial charge in [0.1, 0.15) is 11.4 Å². The minimum atomic E-state index is -0.0456. The average molecular weight is 247 g/mol. The zero-order valence-electron chi connectivity index (χ0n) is 12.3. The normalized spacial score (nSPS) is 17.4. The highest BCUT2D eigenvalue weighted by atomic mass is 16.5. The van der Waals surface area contributed by atoms with Crippen LogP contribution in [0, 0.1) is 0 Å². The highest BCUT2D eigenvalue weighted by Crippen LogP contribution is 2.38. The first-order chi connectivity index (χ1) is 8.34. The first-order valence-corrected chi connectivity index (χ1v) is 6.81. The summed E-state index contributed by atoms with van der Waals surface area (Å²) >= 11 is 0. The minimum absolute atomic E-state index is 0.0456. The average Bonchev–Trinajstić information content (AvgIpc) is 2.59. The van der Waals surface area contributed by atoms with E-state index in [0.29, 0.717) is 0 Å². The molecule has 0 bridgehead atoms. The molecule has 0 aliphatic carbocycles. The maximum Gasteiger partial charge on any atom is 0.123 e. The first kappa shape index (κ1) is 13.4. The van der Waals surface area contributed by atoms with E-state index in [2.05, 4.69) is 51.2 Å². The van der Waals surface area contributed by atoms with E-state index in [9.17, 15) is 0 Å². The van der Waals surface area contributed by atoms with Gasteiger partial charge >= 0.3 is 0 Å². The first-order valence-electron chi connectivity index (χ1n) is 6.81. The van der Waals surface area contributed by atoms with Crippen LogP contribution in [0.3, 0.4) is 0 Å². The van der Waals surface area contributed by atoms with Gasteiger partial charge in [-0.25, -0.2) is 0 Å². The summed E-state index contributed by atoms with van der Waals surface area (Å²) in [5, 5.41) is 3.23. The van der Waals surface area contributed by atoms with Gasteiger partial charge in [0.15, 0.2) is 0 Å². The van der Waals surface area contributed by atoms with Crippen molar-refractivity contribution in [1.82, 2.24) is 5.32 Å². The molecule has 0 saturated carbocycles. The molecule has 2 nitrogen and oxygen atoms in total. The topological polar surface area (TPSA) is 21.3 Å². The van der Waals surface area contributed by atoms with E-state index in [1.54, 1.807) is 0 Å². The molecule has 0 aromatic heterocycles. The Kier molecular flexibility index (Phi) is 3.41. The quantitative estimate of drug-likeness (QED) is 0.881. The van der Waals surface area contributed by atoms with Gasteiger partial charge in [-0.2, -0.15) is 0 Å². The summed E-state index contributed by atoms with van der Waals surface area (Å²) in [5.74, 6) is 1.06. The summed E-state index contributed by atoms with van der Waals surface area (Å²) in [6.07, 6.45) is 2.16. The molecule has 0 spiro atoms. The third-order valence-corrected chi connectivity index (χ3v) is 3.84. The monoisotopic (exact) mass is 247 g/mol. The van der Waals surface area contributed by atoms with Gasteiger partial charge in [-0.3, -0.25) is 0 Å². The lowest BCUT2D eigenvalue weighted by Crippen LogP contribution is -2.24. The Morgan fingerprint density at radius 1 is 1.33 bits per heavy atom. The van der Waals surface area contributed by atoms with Crippen LogP contribution in [-0.4, -0.2) is 19.2 Å². The van der Waals surface area contributed by atoms with Gasteiger partial charge < -0.3 is 10.1 Å². The molecular formula is C16H25NO. The van der Waals surface area contributed by atoms with Crippen LogP contribution in [0.25, 0.3) is 0 Å². The fourth-order valence-corrected chi connectivity index (χ4v) is 2.61. The van der Waals surface area contributed by atoms with Gasteiger partial charge in [0, 0.05) is 6.42 Å². The van der Waals surface area contributed by atoms with Gasteiger partial charge in [-0.1, -0.05) is 26.0 Å². The predicted molar refractivity (Wildman–Crippen MR) is 76.4 cm³/mol. The molecule has 2 heteroatoms. The fourth-order valence-electron chi connectivity index (χ4n) is 2.61. The minimum Gasteiger partial charge on any atom is -0.487 e. The molecule has 1 aliphatic heterocycles. The molecule has 0 saturated heterocycles. The molecule has 0 atom stereocenters. The van der Waals surface area contributed by atoms with Crippen molar-refractivity contribution in [1.29, 1.82) is 0 Å². The summed E-state index contributed by atoms with van der Waals surface area (Å²) in [4.78, 5) is 0. The molecule has 0 fully saturated rings. The van der Waals surface area contributed by atoms with Crippen LogP contribution in [-0.2, 0) is 11.8 Å². The van der Waals surface area contributed by atoms with Gasteiger partial charge in [0.2, 0.25) is 0 Å². The number of hydrogen-bond donors (Lipinski definition) is 1. The smallest absolute Gasteiger partial charge is 0.123 e. The Morgan fingerprint density at radius 2 is 2.06 bits per heavy atom. The Labute approximate surface area is 111 Å². The zero-order chi connectivity index (χ0) is 13.4. The van der Waals surface area contributed by atoms with E-state index >= 15 is 0 Å². The molecule has 1 aromatic carbocycles. The lowest BCUT2D eigenvalue weighted by molar-refractivity contribution is 0.138. The second-order valence-corrected chi connectivity index (χ2v) is 6.60. The van der Waals surface area contributed by atoms with E-state index < -0.39 is 0 Å². The third-order valence-electron chi connectivity index (χ3n) is 3.84. The molecule has 100 valence electrons. The predicted octanol–water partition coefficient (Wildman–Crippen LogP) is 3.29. The highest BCUT2D eigenvalue weighted by Gasteiger charge is 2.31. The molecule has 0 radical (unpaired) electrons. The van der Waals surface area contributed by atoms with E-state index in [1.807, 2.05) is 7.05 Å². The number of rotatable bonds is 4. The Morgan fingerprint density at radius 3 is 2.72 bits per heavy atom. The lowest BCUT2D eigenvalue weighted by atomic mass is 9.80. The Balaban J connectivity index is 2.23. The van der Waals surface area contributed by atoms with Crippen molar-refractivity contribution in [3.05, 3.63) is 29.3 Å². The largest absolute Gasteiger partial charge is 0.487 e. The lowest BCUT2D eigenvalue weighted by Gasteiger charge is -2.25. The van der Waals surface area contributed by atoms with Gasteiger partial charge in [0.05, 0.1) is 0 Å². The van der Waals surface area contributed by atoms with E-state index in [4.69, 9.17) is 4.74 Å². The van der Waals surface area contributed by atoms with Gasteiger partial charge in [-0.05, 0) is 56.5 Å². The summed E-state index contributed by atoms with van der Waals surface area (Å²) < 4.78 is 5.93. The number of hydrogen-bond acceptors (Lipinski definition) is 2. The van der Waals surface area contributed by atoms with Crippen molar-refractivity contribution in [2.24, 2.45) is 0 Å². The Bertz CT molecular complexity index is 435. The standard InChI is InChI=1S/C16H25NO/c1-15(2,8-9-17-5)13-6-7-14-12(10-13)11-16(3,4)18-14/h6-7,10,17H,8-9,11H2,1-5H3. The van der Waals surface area contributed by atoms with Crippen LogP contribution in [0.1, 0.15) is 45.2 Å². The number of fused-ring (bicyclic) bond motifs is 1. The molecule has 18 heavy (non-hydrogen) atoms. The summed E-state index contributed by atoms with van der Waals surface area (Å²) in [6.45, 7) is 9.98. The summed E-state index contributed by atoms with van der Waals surface area (Å²) in [7, 11) is 2.01. The number of benzene rings is 1. The fraction of sp³-hybridized carbons (Fsp3) is 0.625. The molecular weight excluding hydrogens is 222 g/mol. The van der Waals surface area contributed by atoms with Crippen LogP contribution >= 0.6 is 0 Å². The summed E-state index contributed by atoms with van der Waals surface area (Å²) in [5.41, 5.74) is 2.94. The van der Waals surface area contributed by atoms with E-state index in [-0.39, 0.29) is 11.0 Å². The van der Waals surface area contributed by atoms with Crippen LogP contribution in [0.5, 0.6) is 5.75 Å². The second kappa shape index (κ2) is 4.58. The molecule has 1 N–H and O–H groups in total. The van der Waals surface area contributed by atoms with Crippen molar-refractivity contribution in [3.63, 3.8) is 0 Å². The van der Waals surface area contributed by atoms with Crippen molar-refractivity contribution in [3.8, 4) is 5.75 Å². The van der Waals surface area contributed by atoms with Crippen LogP contribution in [0.15, 0.2) is 18.2 Å². The van der Waals surface area contributed by atoms with Crippen molar-refractivity contribution < 1.29 is 4.74 Å². The molecule has 2 rings (SSSR count). The highest BCUT2D eigenvalue weighted by molar-refractivity contribution is 5.43. The maximum atomic E-state index is 5.93. The molecule has 0 amide bonds. The number of ether oxygens (including phenoxy) is 1. The molecule has 1 heterocycles. The van der Waals surface area contributed by atoms with E-state index in [0.717, 1.165) is 25.1 Å². The van der Waals surface area contributed by atoms with Crippen LogP contribution < -0.4 is 10.1 Å². The van der Waals surface area contributed by atoms with Crippen molar-refractivity contribution in [2.75, 3.05) is 13.6 Å². The van der Waals surface area contributed by atoms with Crippen molar-refractivity contribution in [2.45, 2.75) is 51.6 Å². The van der Waals surface area contributed by atoms with Crippen LogP contribution in [0.2, 0.25) is 0 Å². The molecule has 0 unspecified atom stereocenters. The van der Waals surface area contributed by atoms with E-state index in [1.165, 1.54) is 11.1 Å². The zero-order valence-corrected chi connectivity index (χ0v) is 12.3. The second-order valence-electron chi connectivity index (χ2n) is 6.60. The number of nitrogens with one attached hydrogen (secondary N) is 1. The third kappa shape index (κ3) is 2.69. The van der Waals surface area contributed by atoms with Crippen LogP contribution in [0.4, 0.5) is 0 Å². The maximum absolute atomic E-state index is 5.93.